The summed E-state index contributed by atoms with van der Waals surface area (Å²) in [6.07, 6.45) is 4.44. The maximum Gasteiger partial charge on any atom is 0.341 e. The van der Waals surface area contributed by atoms with Crippen LogP contribution in [0.2, 0.25) is 0 Å². The van der Waals surface area contributed by atoms with Crippen LogP contribution in [-0.4, -0.2) is 24.2 Å². The summed E-state index contributed by atoms with van der Waals surface area (Å²) < 4.78 is 4.86. The molecule has 0 bridgehead atoms. The molecule has 0 aliphatic heterocycles. The fourth-order valence-electron chi connectivity index (χ4n) is 2.43. The van der Waals surface area contributed by atoms with Gasteiger partial charge in [0.2, 0.25) is 0 Å². The van der Waals surface area contributed by atoms with Gasteiger partial charge in [-0.1, -0.05) is 11.3 Å². The number of ether oxygens (including phenoxy) is 1. The Labute approximate surface area is 134 Å². The van der Waals surface area contributed by atoms with Crippen molar-refractivity contribution in [2.75, 3.05) is 7.11 Å². The number of hydrogen-bond donors (Lipinski definition) is 0. The number of hydrogen-bond acceptors (Lipinski definition) is 7. The Bertz CT molecular complexity index is 776. The predicted octanol–water partition coefficient (Wildman–Crippen LogP) is 3.74. The third-order valence-corrected chi connectivity index (χ3v) is 5.57. The van der Waals surface area contributed by atoms with E-state index in [0.29, 0.717) is 15.4 Å². The molecule has 0 fully saturated rings. The number of methoxy groups -OCH3 is 1. The molecule has 0 unspecified atom stereocenters. The van der Waals surface area contributed by atoms with Gasteiger partial charge >= 0.3 is 11.0 Å². The van der Waals surface area contributed by atoms with Gasteiger partial charge in [0.05, 0.1) is 22.5 Å². The van der Waals surface area contributed by atoms with Crippen molar-refractivity contribution in [2.24, 2.45) is 4.99 Å². The van der Waals surface area contributed by atoms with Crippen LogP contribution in [0, 0.1) is 10.1 Å². The molecule has 0 saturated carbocycles. The first-order valence-electron chi connectivity index (χ1n) is 6.61. The molecule has 2 aromatic heterocycles. The second-order valence-electron chi connectivity index (χ2n) is 4.72. The van der Waals surface area contributed by atoms with Gasteiger partial charge in [-0.2, -0.15) is 0 Å². The first kappa shape index (κ1) is 14.9. The summed E-state index contributed by atoms with van der Waals surface area (Å²) in [5.41, 5.74) is 1.59. The van der Waals surface area contributed by atoms with Crippen molar-refractivity contribution < 1.29 is 14.5 Å². The van der Waals surface area contributed by atoms with Gasteiger partial charge in [-0.25, -0.2) is 9.79 Å². The molecule has 6 nitrogen and oxygen atoms in total. The van der Waals surface area contributed by atoms with Gasteiger partial charge < -0.3 is 4.74 Å². The van der Waals surface area contributed by atoms with E-state index in [9.17, 15) is 14.9 Å². The average Bonchev–Trinajstić information content (AvgIpc) is 3.19. The number of nitro groups is 1. The molecule has 3 rings (SSSR count). The monoisotopic (exact) mass is 336 g/mol. The minimum Gasteiger partial charge on any atom is -0.465 e. The maximum absolute atomic E-state index is 12.0. The van der Waals surface area contributed by atoms with Gasteiger partial charge in [0.25, 0.3) is 0 Å². The molecule has 8 heteroatoms. The van der Waals surface area contributed by atoms with E-state index >= 15 is 0 Å². The van der Waals surface area contributed by atoms with Crippen LogP contribution in [0.25, 0.3) is 0 Å². The van der Waals surface area contributed by atoms with Gasteiger partial charge in [0, 0.05) is 17.2 Å². The van der Waals surface area contributed by atoms with Crippen LogP contribution in [0.4, 0.5) is 10.0 Å². The summed E-state index contributed by atoms with van der Waals surface area (Å²) in [7, 11) is 1.36. The Hall–Kier alpha value is -2.06. The van der Waals surface area contributed by atoms with Crippen LogP contribution in [-0.2, 0) is 17.6 Å². The summed E-state index contributed by atoms with van der Waals surface area (Å²) in [4.78, 5) is 28.5. The van der Waals surface area contributed by atoms with Crippen molar-refractivity contribution in [1.82, 2.24) is 0 Å². The number of aryl methyl sites for hydroxylation is 1. The number of aliphatic imine (C=N–C) groups is 1. The van der Waals surface area contributed by atoms with Gasteiger partial charge in [-0.3, -0.25) is 10.1 Å². The van der Waals surface area contributed by atoms with Crippen LogP contribution in [0.5, 0.6) is 0 Å². The standard InChI is InChI=1S/C14H12N2O4S2/c1-20-14(17)12-9-3-2-4-10(9)22-13(12)15-7-8-5-6-11(21-8)16(18)19/h5-7H,2-4H2,1H3. The highest BCUT2D eigenvalue weighted by Gasteiger charge is 2.26. The number of rotatable bonds is 4. The number of esters is 1. The number of thiophene rings is 2. The lowest BCUT2D eigenvalue weighted by Crippen LogP contribution is -2.02. The molecule has 2 aromatic rings. The van der Waals surface area contributed by atoms with E-state index in [2.05, 4.69) is 4.99 Å². The lowest BCUT2D eigenvalue weighted by atomic mass is 10.1. The van der Waals surface area contributed by atoms with Gasteiger partial charge in [0.1, 0.15) is 5.00 Å². The molecule has 0 radical (unpaired) electrons. The smallest absolute Gasteiger partial charge is 0.341 e. The molecule has 0 amide bonds. The molecular formula is C14H12N2O4S2. The third-order valence-electron chi connectivity index (χ3n) is 3.39. The Kier molecular flexibility index (Phi) is 4.04. The Morgan fingerprint density at radius 2 is 2.23 bits per heavy atom. The number of carbonyl (C=O) groups is 1. The summed E-state index contributed by atoms with van der Waals surface area (Å²) in [5.74, 6) is -0.372. The zero-order chi connectivity index (χ0) is 15.7. The van der Waals surface area contributed by atoms with Crippen molar-refractivity contribution in [1.29, 1.82) is 0 Å². The van der Waals surface area contributed by atoms with Crippen molar-refractivity contribution in [3.8, 4) is 0 Å². The zero-order valence-corrected chi connectivity index (χ0v) is 13.3. The largest absolute Gasteiger partial charge is 0.465 e. The van der Waals surface area contributed by atoms with Crippen LogP contribution in [0.3, 0.4) is 0 Å². The lowest BCUT2D eigenvalue weighted by Gasteiger charge is -2.00. The number of carbonyl (C=O) groups excluding carboxylic acids is 1. The second-order valence-corrected chi connectivity index (χ2v) is 6.90. The van der Waals surface area contributed by atoms with E-state index in [1.807, 2.05) is 0 Å². The fraction of sp³-hybridized carbons (Fsp3) is 0.286. The van der Waals surface area contributed by atoms with Gasteiger partial charge in [0.15, 0.2) is 0 Å². The van der Waals surface area contributed by atoms with E-state index in [0.717, 1.165) is 36.2 Å². The molecule has 0 atom stereocenters. The highest BCUT2D eigenvalue weighted by molar-refractivity contribution is 7.17. The molecule has 22 heavy (non-hydrogen) atoms. The maximum atomic E-state index is 12.0. The van der Waals surface area contributed by atoms with Crippen molar-refractivity contribution in [2.45, 2.75) is 19.3 Å². The fourth-order valence-corrected chi connectivity index (χ4v) is 4.34. The van der Waals surface area contributed by atoms with Crippen LogP contribution in [0.15, 0.2) is 17.1 Å². The molecule has 0 spiro atoms. The molecule has 0 saturated heterocycles. The molecule has 2 heterocycles. The van der Waals surface area contributed by atoms with E-state index in [1.165, 1.54) is 29.4 Å². The van der Waals surface area contributed by atoms with Crippen LogP contribution >= 0.6 is 22.7 Å². The summed E-state index contributed by atoms with van der Waals surface area (Å²) in [6.45, 7) is 0. The van der Waals surface area contributed by atoms with Gasteiger partial charge in [-0.15, -0.1) is 11.3 Å². The summed E-state index contributed by atoms with van der Waals surface area (Å²) >= 11 is 2.55. The predicted molar refractivity (Wildman–Crippen MR) is 85.9 cm³/mol. The minimum atomic E-state index is -0.429. The summed E-state index contributed by atoms with van der Waals surface area (Å²) in [5, 5.41) is 11.4. The van der Waals surface area contributed by atoms with E-state index in [4.69, 9.17) is 4.74 Å². The van der Waals surface area contributed by atoms with E-state index in [-0.39, 0.29) is 11.0 Å². The molecule has 1 aliphatic rings. The van der Waals surface area contributed by atoms with Gasteiger partial charge in [-0.05, 0) is 30.9 Å². The summed E-state index contributed by atoms with van der Waals surface area (Å²) in [6, 6.07) is 3.09. The Morgan fingerprint density at radius 1 is 1.41 bits per heavy atom. The first-order chi connectivity index (χ1) is 10.6. The minimum absolute atomic E-state index is 0.0725. The van der Waals surface area contributed by atoms with E-state index < -0.39 is 4.92 Å². The van der Waals surface area contributed by atoms with E-state index in [1.54, 1.807) is 12.3 Å². The van der Waals surface area contributed by atoms with Crippen LogP contribution in [0.1, 0.15) is 32.1 Å². The Morgan fingerprint density at radius 3 is 2.91 bits per heavy atom. The molecule has 1 aliphatic carbocycles. The molecule has 114 valence electrons. The molecule has 0 N–H and O–H groups in total. The lowest BCUT2D eigenvalue weighted by molar-refractivity contribution is -0.380. The highest BCUT2D eigenvalue weighted by atomic mass is 32.1. The Balaban J connectivity index is 1.93. The number of nitrogens with zero attached hydrogens (tertiary/aromatic N) is 2. The normalized spacial score (nSPS) is 13.5. The van der Waals surface area contributed by atoms with Crippen molar-refractivity contribution in [3.63, 3.8) is 0 Å². The first-order valence-corrected chi connectivity index (χ1v) is 8.24. The average molecular weight is 336 g/mol. The third kappa shape index (κ3) is 2.67. The van der Waals surface area contributed by atoms with Crippen LogP contribution < -0.4 is 0 Å². The quantitative estimate of drug-likeness (QED) is 0.368. The van der Waals surface area contributed by atoms with Crippen molar-refractivity contribution >= 4 is 44.9 Å². The number of fused-ring (bicyclic) bond motifs is 1. The highest BCUT2D eigenvalue weighted by Crippen LogP contribution is 2.41. The second kappa shape index (κ2) is 5.98. The molecular weight excluding hydrogens is 324 g/mol. The van der Waals surface area contributed by atoms with Crippen molar-refractivity contribution in [3.05, 3.63) is 43.1 Å². The molecule has 0 aromatic carbocycles. The zero-order valence-electron chi connectivity index (χ0n) is 11.7. The SMILES string of the molecule is COC(=O)c1c(N=Cc2ccc([N+](=O)[O-])s2)sc2c1CCC2. The topological polar surface area (TPSA) is 81.8 Å².